The molecule has 2 heterocycles. The molecule has 3 aromatic rings. The number of aromatic nitrogens is 1. The van der Waals surface area contributed by atoms with Gasteiger partial charge in [-0.05, 0) is 42.3 Å². The van der Waals surface area contributed by atoms with E-state index in [1.165, 1.54) is 0 Å². The number of benzene rings is 2. The highest BCUT2D eigenvalue weighted by Gasteiger charge is 2.47. The van der Waals surface area contributed by atoms with Crippen molar-refractivity contribution in [2.24, 2.45) is 10.7 Å². The second-order valence-corrected chi connectivity index (χ2v) is 7.37. The normalized spacial score (nSPS) is 17.3. The van der Waals surface area contributed by atoms with Crippen LogP contribution < -0.4 is 11.1 Å². The van der Waals surface area contributed by atoms with Gasteiger partial charge in [0.25, 0.3) is 5.91 Å². The number of aliphatic imine (C=N–C) groups is 1. The van der Waals surface area contributed by atoms with Gasteiger partial charge in [0.2, 0.25) is 0 Å². The summed E-state index contributed by atoms with van der Waals surface area (Å²) in [5, 5.41) is 2.57. The number of nitrogens with two attached hydrogens (primary N) is 1. The lowest BCUT2D eigenvalue weighted by Gasteiger charge is -2.23. The van der Waals surface area contributed by atoms with E-state index in [9.17, 15) is 14.0 Å². The molecule has 0 fully saturated rings. The van der Waals surface area contributed by atoms with Gasteiger partial charge < -0.3 is 10.3 Å². The fourth-order valence-corrected chi connectivity index (χ4v) is 3.76. The fourth-order valence-electron chi connectivity index (χ4n) is 3.76. The quantitative estimate of drug-likeness (QED) is 0.467. The molecule has 0 aliphatic carbocycles. The standard InChI is InChI=1S/C25H21FN4O2/c26-12-5-13-30-16-21(15-22(30)17-31)25(23(32)28-24(27)29-25)20-9-4-8-19(14-20)11-10-18-6-2-1-3-7-18/h1-4,6-9,14-17H,5,12-13H2,(H3,27,28,29,32). The molecule has 0 saturated carbocycles. The van der Waals surface area contributed by atoms with Crippen molar-refractivity contribution < 1.29 is 14.0 Å². The molecule has 4 rings (SSSR count). The lowest BCUT2D eigenvalue weighted by atomic mass is 9.83. The summed E-state index contributed by atoms with van der Waals surface area (Å²) < 4.78 is 14.3. The number of amides is 1. The van der Waals surface area contributed by atoms with Crippen molar-refractivity contribution >= 4 is 18.2 Å². The summed E-state index contributed by atoms with van der Waals surface area (Å²) >= 11 is 0. The van der Waals surface area contributed by atoms with E-state index < -0.39 is 18.1 Å². The summed E-state index contributed by atoms with van der Waals surface area (Å²) in [6.45, 7) is -0.200. The predicted molar refractivity (Wildman–Crippen MR) is 120 cm³/mol. The summed E-state index contributed by atoms with van der Waals surface area (Å²) in [7, 11) is 0. The topological polar surface area (TPSA) is 89.5 Å². The Morgan fingerprint density at radius 2 is 1.81 bits per heavy atom. The molecule has 0 spiro atoms. The summed E-state index contributed by atoms with van der Waals surface area (Å²) in [5.41, 5.74) is 7.35. The number of nitrogens with one attached hydrogen (secondary N) is 1. The molecule has 1 amide bonds. The Morgan fingerprint density at radius 3 is 2.50 bits per heavy atom. The molecule has 6 nitrogen and oxygen atoms in total. The van der Waals surface area contributed by atoms with Gasteiger partial charge in [-0.15, -0.1) is 0 Å². The molecule has 1 atom stereocenters. The van der Waals surface area contributed by atoms with Crippen molar-refractivity contribution in [1.29, 1.82) is 0 Å². The van der Waals surface area contributed by atoms with Crippen LogP contribution in [-0.4, -0.2) is 29.4 Å². The number of hydrogen-bond acceptors (Lipinski definition) is 4. The third kappa shape index (κ3) is 3.91. The van der Waals surface area contributed by atoms with E-state index in [0.717, 1.165) is 5.56 Å². The number of nitrogens with zero attached hydrogens (tertiary/aromatic N) is 2. The van der Waals surface area contributed by atoms with Gasteiger partial charge >= 0.3 is 0 Å². The highest BCUT2D eigenvalue weighted by Crippen LogP contribution is 2.38. The first-order valence-corrected chi connectivity index (χ1v) is 10.1. The van der Waals surface area contributed by atoms with E-state index in [1.54, 1.807) is 35.0 Å². The maximum absolute atomic E-state index is 13.1. The Balaban J connectivity index is 1.81. The summed E-state index contributed by atoms with van der Waals surface area (Å²) in [6, 6.07) is 18.4. The average molecular weight is 428 g/mol. The summed E-state index contributed by atoms with van der Waals surface area (Å²) in [4.78, 5) is 29.2. The lowest BCUT2D eigenvalue weighted by Crippen LogP contribution is -2.39. The van der Waals surface area contributed by atoms with Crippen molar-refractivity contribution in [1.82, 2.24) is 9.88 Å². The predicted octanol–water partition coefficient (Wildman–Crippen LogP) is 2.75. The largest absolute Gasteiger partial charge is 0.370 e. The van der Waals surface area contributed by atoms with Gasteiger partial charge in [0.15, 0.2) is 17.8 Å². The van der Waals surface area contributed by atoms with Crippen LogP contribution in [0.15, 0.2) is 71.9 Å². The van der Waals surface area contributed by atoms with E-state index in [2.05, 4.69) is 22.2 Å². The van der Waals surface area contributed by atoms with Gasteiger partial charge in [0.1, 0.15) is 0 Å². The smallest absolute Gasteiger partial charge is 0.264 e. The van der Waals surface area contributed by atoms with Crippen LogP contribution in [0.3, 0.4) is 0 Å². The van der Waals surface area contributed by atoms with Crippen LogP contribution in [-0.2, 0) is 16.9 Å². The maximum Gasteiger partial charge on any atom is 0.264 e. The first-order chi connectivity index (χ1) is 15.6. The van der Waals surface area contributed by atoms with Gasteiger partial charge in [-0.2, -0.15) is 0 Å². The number of aryl methyl sites for hydroxylation is 1. The molecule has 1 aromatic heterocycles. The van der Waals surface area contributed by atoms with Gasteiger partial charge in [-0.3, -0.25) is 19.3 Å². The van der Waals surface area contributed by atoms with Gasteiger partial charge in [0.05, 0.1) is 12.4 Å². The van der Waals surface area contributed by atoms with Crippen LogP contribution >= 0.6 is 0 Å². The van der Waals surface area contributed by atoms with Crippen LogP contribution in [0.1, 0.15) is 39.2 Å². The zero-order valence-corrected chi connectivity index (χ0v) is 17.2. The number of aldehydes is 1. The van der Waals surface area contributed by atoms with Crippen LogP contribution in [0, 0.1) is 11.8 Å². The second-order valence-electron chi connectivity index (χ2n) is 7.37. The number of rotatable bonds is 6. The number of hydrogen-bond donors (Lipinski definition) is 2. The molecular weight excluding hydrogens is 407 g/mol. The van der Waals surface area contributed by atoms with E-state index in [0.29, 0.717) is 35.2 Å². The van der Waals surface area contributed by atoms with Crippen LogP contribution in [0.25, 0.3) is 0 Å². The Bertz CT molecular complexity index is 1250. The zero-order chi connectivity index (χ0) is 22.6. The van der Waals surface area contributed by atoms with Crippen LogP contribution in [0.2, 0.25) is 0 Å². The Morgan fingerprint density at radius 1 is 1.06 bits per heavy atom. The molecule has 0 radical (unpaired) electrons. The third-order valence-corrected chi connectivity index (χ3v) is 5.26. The molecule has 2 aromatic carbocycles. The van der Waals surface area contributed by atoms with Crippen molar-refractivity contribution in [3.8, 4) is 11.8 Å². The molecule has 1 unspecified atom stereocenters. The third-order valence-electron chi connectivity index (χ3n) is 5.26. The molecule has 0 saturated heterocycles. The van der Waals surface area contributed by atoms with Crippen molar-refractivity contribution in [3.05, 3.63) is 94.8 Å². The van der Waals surface area contributed by atoms with Crippen molar-refractivity contribution in [2.75, 3.05) is 6.67 Å². The molecule has 1 aliphatic rings. The van der Waals surface area contributed by atoms with Crippen molar-refractivity contribution in [3.63, 3.8) is 0 Å². The number of guanidine groups is 1. The lowest BCUT2D eigenvalue weighted by molar-refractivity contribution is -0.122. The minimum atomic E-state index is -1.47. The first kappa shape index (κ1) is 21.1. The minimum absolute atomic E-state index is 0.0139. The zero-order valence-electron chi connectivity index (χ0n) is 17.2. The average Bonchev–Trinajstić information content (AvgIpc) is 3.37. The molecule has 1 aliphatic heterocycles. The Hall–Kier alpha value is -4.18. The Labute approximate surface area is 185 Å². The molecule has 160 valence electrons. The van der Waals surface area contributed by atoms with Gasteiger partial charge in [-0.25, -0.2) is 4.99 Å². The highest BCUT2D eigenvalue weighted by atomic mass is 19.1. The van der Waals surface area contributed by atoms with Gasteiger partial charge in [-0.1, -0.05) is 42.2 Å². The van der Waals surface area contributed by atoms with Crippen LogP contribution in [0.4, 0.5) is 4.39 Å². The molecule has 0 bridgehead atoms. The highest BCUT2D eigenvalue weighted by molar-refractivity contribution is 6.09. The minimum Gasteiger partial charge on any atom is -0.370 e. The van der Waals surface area contributed by atoms with Gasteiger partial charge in [0, 0.05) is 29.4 Å². The van der Waals surface area contributed by atoms with E-state index in [-0.39, 0.29) is 12.4 Å². The molecular formula is C25H21FN4O2. The number of carbonyl (C=O) groups is 2. The fraction of sp³-hybridized carbons (Fsp3) is 0.160. The summed E-state index contributed by atoms with van der Waals surface area (Å²) in [6.07, 6.45) is 2.59. The van der Waals surface area contributed by atoms with E-state index >= 15 is 0 Å². The maximum atomic E-state index is 13.1. The van der Waals surface area contributed by atoms with Crippen molar-refractivity contribution in [2.45, 2.75) is 18.5 Å². The SMILES string of the molecule is NC1=NC(c2cccc(C#Cc3ccccc3)c2)(c2cc(C=O)n(CCCF)c2)C(=O)N1. The second kappa shape index (κ2) is 8.90. The molecule has 7 heteroatoms. The summed E-state index contributed by atoms with van der Waals surface area (Å²) in [5.74, 6) is 5.77. The Kier molecular flexibility index (Phi) is 5.86. The molecule has 3 N–H and O–H groups in total. The number of carbonyl (C=O) groups excluding carboxylic acids is 2. The molecule has 32 heavy (non-hydrogen) atoms. The monoisotopic (exact) mass is 428 g/mol. The number of alkyl halides is 1. The van der Waals surface area contributed by atoms with E-state index in [4.69, 9.17) is 5.73 Å². The number of halogens is 1. The van der Waals surface area contributed by atoms with Crippen LogP contribution in [0.5, 0.6) is 0 Å². The van der Waals surface area contributed by atoms with E-state index in [1.807, 2.05) is 36.4 Å². The first-order valence-electron chi connectivity index (χ1n) is 10.1.